The van der Waals surface area contributed by atoms with Crippen LogP contribution >= 0.6 is 0 Å². The van der Waals surface area contributed by atoms with Gasteiger partial charge >= 0.3 is 0 Å². The van der Waals surface area contributed by atoms with Gasteiger partial charge in [0.05, 0.1) is 23.8 Å². The molecule has 1 atom stereocenters. The van der Waals surface area contributed by atoms with Crippen LogP contribution in [0, 0.1) is 11.6 Å². The van der Waals surface area contributed by atoms with E-state index in [0.717, 1.165) is 4.90 Å². The largest absolute Gasteiger partial charge is 0.367 e. The quantitative estimate of drug-likeness (QED) is 0.778. The van der Waals surface area contributed by atoms with Crippen LogP contribution in [-0.4, -0.2) is 48.9 Å². The van der Waals surface area contributed by atoms with Crippen LogP contribution in [0.4, 0.5) is 20.2 Å². The third-order valence-corrected chi connectivity index (χ3v) is 5.14. The molecule has 0 aliphatic carbocycles. The lowest BCUT2D eigenvalue weighted by Gasteiger charge is -2.38. The normalized spacial score (nSPS) is 21.2. The van der Waals surface area contributed by atoms with Crippen molar-refractivity contribution in [1.29, 1.82) is 0 Å². The fourth-order valence-electron chi connectivity index (χ4n) is 3.77. The highest BCUT2D eigenvalue weighted by molar-refractivity contribution is 6.22. The van der Waals surface area contributed by atoms with Gasteiger partial charge in [0.2, 0.25) is 5.91 Å². The average molecular weight is 371 g/mol. The lowest BCUT2D eigenvalue weighted by atomic mass is 10.1. The molecule has 0 saturated carbocycles. The number of imide groups is 1. The molecule has 1 unspecified atom stereocenters. The summed E-state index contributed by atoms with van der Waals surface area (Å²) in [5, 5.41) is 0. The summed E-state index contributed by atoms with van der Waals surface area (Å²) in [5.74, 6) is -1.41. The van der Waals surface area contributed by atoms with E-state index in [1.807, 2.05) is 9.80 Å². The Morgan fingerprint density at radius 2 is 1.63 bits per heavy atom. The number of para-hydroxylation sites is 1. The number of carbonyl (C=O) groups is 2. The Labute approximate surface area is 155 Å². The van der Waals surface area contributed by atoms with E-state index in [1.54, 1.807) is 24.3 Å². The molecule has 4 rings (SSSR count). The number of amides is 2. The van der Waals surface area contributed by atoms with Gasteiger partial charge < -0.3 is 4.90 Å². The monoisotopic (exact) mass is 371 g/mol. The summed E-state index contributed by atoms with van der Waals surface area (Å²) in [6.07, 6.45) is 0.0784. The van der Waals surface area contributed by atoms with Gasteiger partial charge in [-0.3, -0.25) is 14.5 Å². The molecule has 0 spiro atoms. The number of piperazine rings is 1. The number of hydrogen-bond donors (Lipinski definition) is 0. The minimum absolute atomic E-state index is 0.0784. The van der Waals surface area contributed by atoms with Crippen molar-refractivity contribution in [1.82, 2.24) is 4.90 Å². The number of halogens is 2. The summed E-state index contributed by atoms with van der Waals surface area (Å²) in [4.78, 5) is 30.1. The van der Waals surface area contributed by atoms with Gasteiger partial charge in [0.1, 0.15) is 11.6 Å². The maximum Gasteiger partial charge on any atom is 0.251 e. The van der Waals surface area contributed by atoms with E-state index in [-0.39, 0.29) is 29.7 Å². The minimum Gasteiger partial charge on any atom is -0.367 e. The molecule has 27 heavy (non-hydrogen) atoms. The molecular formula is C20H19F2N3O2. The molecule has 7 heteroatoms. The van der Waals surface area contributed by atoms with Crippen LogP contribution in [0.15, 0.2) is 48.5 Å². The number of benzene rings is 2. The van der Waals surface area contributed by atoms with Gasteiger partial charge in [-0.05, 0) is 30.3 Å². The second-order valence-corrected chi connectivity index (χ2v) is 6.74. The molecular weight excluding hydrogens is 352 g/mol. The van der Waals surface area contributed by atoms with E-state index in [9.17, 15) is 18.4 Å². The molecule has 0 aromatic heterocycles. The fourth-order valence-corrected chi connectivity index (χ4v) is 3.77. The van der Waals surface area contributed by atoms with E-state index < -0.39 is 11.9 Å². The number of anilines is 2. The number of rotatable bonds is 3. The molecule has 2 amide bonds. The van der Waals surface area contributed by atoms with Crippen molar-refractivity contribution in [3.63, 3.8) is 0 Å². The van der Waals surface area contributed by atoms with Crippen molar-refractivity contribution >= 4 is 23.2 Å². The summed E-state index contributed by atoms with van der Waals surface area (Å²) in [6.45, 7) is 2.24. The standard InChI is InChI=1S/C20H19F2N3O2/c21-14-4-3-5-15(12-14)25-19(26)13-18(20(25)27)24-10-8-23(9-11-24)17-7-2-1-6-16(17)22/h1-7,12,18H,8-11,13H2. The van der Waals surface area contributed by atoms with Gasteiger partial charge in [0.15, 0.2) is 0 Å². The highest BCUT2D eigenvalue weighted by Gasteiger charge is 2.43. The van der Waals surface area contributed by atoms with Crippen molar-refractivity contribution in [2.45, 2.75) is 12.5 Å². The summed E-state index contributed by atoms with van der Waals surface area (Å²) >= 11 is 0. The van der Waals surface area contributed by atoms with Crippen molar-refractivity contribution in [2.24, 2.45) is 0 Å². The maximum atomic E-state index is 14.0. The Morgan fingerprint density at radius 1 is 0.889 bits per heavy atom. The van der Waals surface area contributed by atoms with E-state index >= 15 is 0 Å². The smallest absolute Gasteiger partial charge is 0.251 e. The van der Waals surface area contributed by atoms with Crippen LogP contribution in [0.1, 0.15) is 6.42 Å². The fraction of sp³-hybridized carbons (Fsp3) is 0.300. The topological polar surface area (TPSA) is 43.9 Å². The Kier molecular flexibility index (Phi) is 4.61. The number of carbonyl (C=O) groups excluding carboxylic acids is 2. The molecule has 5 nitrogen and oxygen atoms in total. The first-order valence-electron chi connectivity index (χ1n) is 8.90. The zero-order valence-corrected chi connectivity index (χ0v) is 14.6. The van der Waals surface area contributed by atoms with Gasteiger partial charge in [-0.15, -0.1) is 0 Å². The predicted molar refractivity (Wildman–Crippen MR) is 97.5 cm³/mol. The van der Waals surface area contributed by atoms with E-state index in [1.165, 1.54) is 24.3 Å². The predicted octanol–water partition coefficient (Wildman–Crippen LogP) is 2.42. The lowest BCUT2D eigenvalue weighted by Crippen LogP contribution is -2.52. The average Bonchev–Trinajstić information content (AvgIpc) is 2.96. The molecule has 2 saturated heterocycles. The van der Waals surface area contributed by atoms with Gasteiger partial charge in [-0.25, -0.2) is 13.7 Å². The zero-order chi connectivity index (χ0) is 19.0. The van der Waals surface area contributed by atoms with Crippen LogP contribution in [0.2, 0.25) is 0 Å². The second kappa shape index (κ2) is 7.08. The van der Waals surface area contributed by atoms with Crippen molar-refractivity contribution in [2.75, 3.05) is 36.0 Å². The minimum atomic E-state index is -0.552. The first-order valence-corrected chi connectivity index (χ1v) is 8.90. The third kappa shape index (κ3) is 3.30. The molecule has 0 bridgehead atoms. The number of hydrogen-bond acceptors (Lipinski definition) is 4. The van der Waals surface area contributed by atoms with Crippen LogP contribution in [-0.2, 0) is 9.59 Å². The highest BCUT2D eigenvalue weighted by Crippen LogP contribution is 2.28. The van der Waals surface area contributed by atoms with Gasteiger partial charge in [-0.1, -0.05) is 18.2 Å². The molecule has 2 aliphatic heterocycles. The maximum absolute atomic E-state index is 14.0. The second-order valence-electron chi connectivity index (χ2n) is 6.74. The van der Waals surface area contributed by atoms with Gasteiger partial charge in [0, 0.05) is 26.2 Å². The number of nitrogens with zero attached hydrogens (tertiary/aromatic N) is 3. The first kappa shape index (κ1) is 17.6. The summed E-state index contributed by atoms with van der Waals surface area (Å²) < 4.78 is 27.4. The van der Waals surface area contributed by atoms with Crippen LogP contribution < -0.4 is 9.80 Å². The van der Waals surface area contributed by atoms with Crippen molar-refractivity contribution in [3.05, 3.63) is 60.2 Å². The summed E-state index contributed by atoms with van der Waals surface area (Å²) in [7, 11) is 0. The Balaban J connectivity index is 1.45. The van der Waals surface area contributed by atoms with E-state index in [0.29, 0.717) is 31.9 Å². The van der Waals surface area contributed by atoms with E-state index in [4.69, 9.17) is 0 Å². The molecule has 2 aromatic carbocycles. The Hall–Kier alpha value is -2.80. The summed E-state index contributed by atoms with van der Waals surface area (Å²) in [6, 6.07) is 11.5. The first-order chi connectivity index (χ1) is 13.0. The molecule has 2 aliphatic rings. The van der Waals surface area contributed by atoms with Crippen molar-refractivity contribution < 1.29 is 18.4 Å². The van der Waals surface area contributed by atoms with Gasteiger partial charge in [0.25, 0.3) is 5.91 Å². The van der Waals surface area contributed by atoms with Crippen LogP contribution in [0.25, 0.3) is 0 Å². The molecule has 2 aromatic rings. The Bertz CT molecular complexity index is 881. The Morgan fingerprint density at radius 3 is 2.33 bits per heavy atom. The molecule has 2 fully saturated rings. The molecule has 2 heterocycles. The third-order valence-electron chi connectivity index (χ3n) is 5.14. The lowest BCUT2D eigenvalue weighted by molar-refractivity contribution is -0.123. The molecule has 0 radical (unpaired) electrons. The molecule has 140 valence electrons. The molecule has 0 N–H and O–H groups in total. The van der Waals surface area contributed by atoms with Gasteiger partial charge in [-0.2, -0.15) is 0 Å². The zero-order valence-electron chi connectivity index (χ0n) is 14.6. The van der Waals surface area contributed by atoms with E-state index in [2.05, 4.69) is 0 Å². The highest BCUT2D eigenvalue weighted by atomic mass is 19.1. The SMILES string of the molecule is O=C1CC(N2CCN(c3ccccc3F)CC2)C(=O)N1c1cccc(F)c1. The van der Waals surface area contributed by atoms with Crippen LogP contribution in [0.3, 0.4) is 0 Å². The van der Waals surface area contributed by atoms with Crippen LogP contribution in [0.5, 0.6) is 0 Å². The van der Waals surface area contributed by atoms with Crippen molar-refractivity contribution in [3.8, 4) is 0 Å². The summed E-state index contributed by atoms with van der Waals surface area (Å²) in [5.41, 5.74) is 0.810.